The van der Waals surface area contributed by atoms with E-state index in [1.54, 1.807) is 11.3 Å². The third-order valence-electron chi connectivity index (χ3n) is 3.06. The zero-order chi connectivity index (χ0) is 12.8. The first-order chi connectivity index (χ1) is 8.81. The molecule has 18 heavy (non-hydrogen) atoms. The van der Waals surface area contributed by atoms with Gasteiger partial charge in [0.05, 0.1) is 17.2 Å². The summed E-state index contributed by atoms with van der Waals surface area (Å²) in [6, 6.07) is 2.43. The molecular weight excluding hydrogens is 244 g/mol. The Labute approximate surface area is 112 Å². The topological polar surface area (TPSA) is 42.7 Å². The minimum Gasteiger partial charge on any atom is -0.309 e. The molecule has 5 heteroatoms. The molecule has 1 atom stereocenters. The molecule has 2 rings (SSSR count). The SMILES string of the molecule is CCCNC(CCc1ccnn1C)c1cscn1. The Kier molecular flexibility index (Phi) is 4.90. The number of nitrogens with zero attached hydrogens (tertiary/aromatic N) is 3. The molecular formula is C13H20N4S. The molecule has 0 aliphatic carbocycles. The average molecular weight is 264 g/mol. The molecule has 4 nitrogen and oxygen atoms in total. The van der Waals surface area contributed by atoms with Crippen LogP contribution in [0, 0.1) is 0 Å². The van der Waals surface area contributed by atoms with E-state index < -0.39 is 0 Å². The lowest BCUT2D eigenvalue weighted by Gasteiger charge is -2.16. The van der Waals surface area contributed by atoms with Gasteiger partial charge in [-0.2, -0.15) is 5.10 Å². The van der Waals surface area contributed by atoms with Gasteiger partial charge in [-0.15, -0.1) is 11.3 Å². The van der Waals surface area contributed by atoms with Gasteiger partial charge >= 0.3 is 0 Å². The molecule has 0 aromatic carbocycles. The van der Waals surface area contributed by atoms with Crippen molar-refractivity contribution in [3.63, 3.8) is 0 Å². The predicted molar refractivity (Wildman–Crippen MR) is 74.7 cm³/mol. The molecule has 0 fully saturated rings. The second kappa shape index (κ2) is 6.66. The second-order valence-corrected chi connectivity index (χ2v) is 5.12. The molecule has 1 unspecified atom stereocenters. The number of aryl methyl sites for hydroxylation is 2. The zero-order valence-corrected chi connectivity index (χ0v) is 11.8. The van der Waals surface area contributed by atoms with Crippen molar-refractivity contribution in [1.29, 1.82) is 0 Å². The lowest BCUT2D eigenvalue weighted by Crippen LogP contribution is -2.23. The van der Waals surface area contributed by atoms with Crippen molar-refractivity contribution in [3.8, 4) is 0 Å². The summed E-state index contributed by atoms with van der Waals surface area (Å²) < 4.78 is 1.94. The Hall–Kier alpha value is -1.20. The Morgan fingerprint density at radius 1 is 1.50 bits per heavy atom. The van der Waals surface area contributed by atoms with Gasteiger partial charge in [0.25, 0.3) is 0 Å². The molecule has 0 spiro atoms. The van der Waals surface area contributed by atoms with Crippen molar-refractivity contribution in [3.05, 3.63) is 34.5 Å². The molecule has 1 N–H and O–H groups in total. The Morgan fingerprint density at radius 2 is 2.39 bits per heavy atom. The van der Waals surface area contributed by atoms with Gasteiger partial charge in [-0.3, -0.25) is 4.68 Å². The summed E-state index contributed by atoms with van der Waals surface area (Å²) >= 11 is 1.66. The van der Waals surface area contributed by atoms with Crippen LogP contribution in [-0.2, 0) is 13.5 Å². The van der Waals surface area contributed by atoms with Crippen LogP contribution in [0.1, 0.15) is 37.2 Å². The van der Waals surface area contributed by atoms with E-state index >= 15 is 0 Å². The van der Waals surface area contributed by atoms with E-state index in [1.165, 1.54) is 5.69 Å². The molecule has 2 aromatic heterocycles. The van der Waals surface area contributed by atoms with E-state index in [4.69, 9.17) is 0 Å². The van der Waals surface area contributed by atoms with Gasteiger partial charge in [-0.25, -0.2) is 4.98 Å². The fourth-order valence-electron chi connectivity index (χ4n) is 2.01. The van der Waals surface area contributed by atoms with Crippen molar-refractivity contribution >= 4 is 11.3 Å². The first-order valence-corrected chi connectivity index (χ1v) is 7.34. The standard InChI is InChI=1S/C13H20N4S/c1-3-7-14-12(13-9-18-10-15-13)5-4-11-6-8-16-17(11)2/h6,8-10,12,14H,3-5,7H2,1-2H3. The predicted octanol–water partition coefficient (Wildman–Crippen LogP) is 2.55. The van der Waals surface area contributed by atoms with Crippen molar-refractivity contribution in [2.24, 2.45) is 7.05 Å². The quantitative estimate of drug-likeness (QED) is 0.835. The van der Waals surface area contributed by atoms with Crippen LogP contribution in [0.15, 0.2) is 23.2 Å². The normalized spacial score (nSPS) is 12.8. The monoisotopic (exact) mass is 264 g/mol. The first-order valence-electron chi connectivity index (χ1n) is 6.39. The molecule has 0 aliphatic heterocycles. The number of thiazole rings is 1. The van der Waals surface area contributed by atoms with Crippen LogP contribution < -0.4 is 5.32 Å². The maximum Gasteiger partial charge on any atom is 0.0795 e. The first kappa shape index (κ1) is 13.2. The van der Waals surface area contributed by atoms with E-state index in [2.05, 4.69) is 33.8 Å². The third kappa shape index (κ3) is 3.40. The fourth-order valence-corrected chi connectivity index (χ4v) is 2.61. The van der Waals surface area contributed by atoms with Crippen LogP contribution in [0.4, 0.5) is 0 Å². The highest BCUT2D eigenvalue weighted by Crippen LogP contribution is 2.19. The van der Waals surface area contributed by atoms with Gasteiger partial charge in [0.2, 0.25) is 0 Å². The maximum atomic E-state index is 4.43. The molecule has 0 bridgehead atoms. The van der Waals surface area contributed by atoms with E-state index in [9.17, 15) is 0 Å². The van der Waals surface area contributed by atoms with E-state index in [0.717, 1.165) is 31.5 Å². The Morgan fingerprint density at radius 3 is 3.00 bits per heavy atom. The molecule has 0 amide bonds. The summed E-state index contributed by atoms with van der Waals surface area (Å²) in [7, 11) is 1.99. The second-order valence-electron chi connectivity index (χ2n) is 4.40. The van der Waals surface area contributed by atoms with Gasteiger partial charge in [0.15, 0.2) is 0 Å². The number of aromatic nitrogens is 3. The van der Waals surface area contributed by atoms with E-state index in [0.29, 0.717) is 6.04 Å². The van der Waals surface area contributed by atoms with Crippen LogP contribution in [0.25, 0.3) is 0 Å². The summed E-state index contributed by atoms with van der Waals surface area (Å²) in [6.45, 7) is 3.22. The highest BCUT2D eigenvalue weighted by molar-refractivity contribution is 7.07. The fraction of sp³-hybridized carbons (Fsp3) is 0.538. The number of hydrogen-bond acceptors (Lipinski definition) is 4. The smallest absolute Gasteiger partial charge is 0.0795 e. The summed E-state index contributed by atoms with van der Waals surface area (Å²) in [5.74, 6) is 0. The van der Waals surface area contributed by atoms with Gasteiger partial charge in [0.1, 0.15) is 0 Å². The van der Waals surface area contributed by atoms with Crippen molar-refractivity contribution in [1.82, 2.24) is 20.1 Å². The van der Waals surface area contributed by atoms with Crippen molar-refractivity contribution in [2.45, 2.75) is 32.2 Å². The van der Waals surface area contributed by atoms with Gasteiger partial charge in [-0.05, 0) is 31.9 Å². The summed E-state index contributed by atoms with van der Waals surface area (Å²) in [5.41, 5.74) is 4.34. The van der Waals surface area contributed by atoms with Crippen LogP contribution in [0.5, 0.6) is 0 Å². The summed E-state index contributed by atoms with van der Waals surface area (Å²) in [4.78, 5) is 4.43. The van der Waals surface area contributed by atoms with Crippen LogP contribution >= 0.6 is 11.3 Å². The summed E-state index contributed by atoms with van der Waals surface area (Å²) in [6.07, 6.45) is 5.08. The molecule has 2 aromatic rings. The van der Waals surface area contributed by atoms with Crippen LogP contribution in [0.3, 0.4) is 0 Å². The van der Waals surface area contributed by atoms with Crippen LogP contribution in [-0.4, -0.2) is 21.3 Å². The number of rotatable bonds is 7. The highest BCUT2D eigenvalue weighted by atomic mass is 32.1. The van der Waals surface area contributed by atoms with Crippen LogP contribution in [0.2, 0.25) is 0 Å². The van der Waals surface area contributed by atoms with Gasteiger partial charge in [-0.1, -0.05) is 6.92 Å². The minimum atomic E-state index is 0.353. The Bertz CT molecular complexity index is 449. The number of hydrogen-bond donors (Lipinski definition) is 1. The Balaban J connectivity index is 1.95. The van der Waals surface area contributed by atoms with Crippen molar-refractivity contribution < 1.29 is 0 Å². The lowest BCUT2D eigenvalue weighted by molar-refractivity contribution is 0.484. The highest BCUT2D eigenvalue weighted by Gasteiger charge is 2.13. The van der Waals surface area contributed by atoms with Gasteiger partial charge < -0.3 is 5.32 Å². The van der Waals surface area contributed by atoms with Crippen molar-refractivity contribution in [2.75, 3.05) is 6.54 Å². The average Bonchev–Trinajstić information content (AvgIpc) is 3.01. The molecule has 0 radical (unpaired) electrons. The minimum absolute atomic E-state index is 0.353. The largest absolute Gasteiger partial charge is 0.309 e. The molecule has 2 heterocycles. The zero-order valence-electron chi connectivity index (χ0n) is 11.0. The summed E-state index contributed by atoms with van der Waals surface area (Å²) in [5, 5.41) is 9.91. The maximum absolute atomic E-state index is 4.43. The molecule has 0 saturated carbocycles. The number of nitrogens with one attached hydrogen (secondary N) is 1. The lowest BCUT2D eigenvalue weighted by atomic mass is 10.1. The third-order valence-corrected chi connectivity index (χ3v) is 3.67. The molecule has 98 valence electrons. The van der Waals surface area contributed by atoms with E-state index in [-0.39, 0.29) is 0 Å². The van der Waals surface area contributed by atoms with Gasteiger partial charge in [0, 0.05) is 24.3 Å². The molecule has 0 saturated heterocycles. The van der Waals surface area contributed by atoms with E-state index in [1.807, 2.05) is 23.4 Å². The molecule has 0 aliphatic rings.